The summed E-state index contributed by atoms with van der Waals surface area (Å²) < 4.78 is 39.4. The van der Waals surface area contributed by atoms with Crippen LogP contribution in [0.2, 0.25) is 0 Å². The number of hydrogen-bond acceptors (Lipinski definition) is 3. The van der Waals surface area contributed by atoms with Gasteiger partial charge >= 0.3 is 0 Å². The van der Waals surface area contributed by atoms with Crippen LogP contribution in [0.25, 0.3) is 0 Å². The molecule has 0 aromatic heterocycles. The van der Waals surface area contributed by atoms with Gasteiger partial charge in [-0.2, -0.15) is 0 Å². The highest BCUT2D eigenvalue weighted by molar-refractivity contribution is 7.93. The molecule has 0 fully saturated rings. The number of nitrogens with two attached hydrogens (primary N) is 1. The number of rotatable bonds is 4. The summed E-state index contributed by atoms with van der Waals surface area (Å²) >= 11 is 0. The van der Waals surface area contributed by atoms with Crippen LogP contribution in [0.1, 0.15) is 6.92 Å². The van der Waals surface area contributed by atoms with Gasteiger partial charge in [0.05, 0.1) is 11.4 Å². The quantitative estimate of drug-likeness (QED) is 0.882. The van der Waals surface area contributed by atoms with Gasteiger partial charge in [0, 0.05) is 6.54 Å². The maximum atomic E-state index is 12.9. The van der Waals surface area contributed by atoms with E-state index in [0.717, 1.165) is 0 Å². The lowest BCUT2D eigenvalue weighted by Crippen LogP contribution is -2.31. The molecule has 0 spiro atoms. The van der Waals surface area contributed by atoms with Crippen molar-refractivity contribution in [1.82, 2.24) is 0 Å². The topological polar surface area (TPSA) is 63.4 Å². The summed E-state index contributed by atoms with van der Waals surface area (Å²) in [7, 11) is -3.76. The number of benzene rings is 2. The number of halogens is 1. The smallest absolute Gasteiger partial charge is 0.266 e. The molecule has 0 amide bonds. The Hall–Kier alpha value is -2.08. The lowest BCUT2D eigenvalue weighted by molar-refractivity contribution is 0.592. The number of nitrogens with zero attached hydrogens (tertiary/aromatic N) is 1. The van der Waals surface area contributed by atoms with Crippen LogP contribution in [0.15, 0.2) is 53.4 Å². The van der Waals surface area contributed by atoms with E-state index in [2.05, 4.69) is 0 Å². The molecule has 0 aliphatic rings. The van der Waals surface area contributed by atoms with E-state index in [0.29, 0.717) is 5.69 Å². The molecular formula is C14H15FN2O2S. The highest BCUT2D eigenvalue weighted by Gasteiger charge is 2.25. The minimum atomic E-state index is -3.76. The van der Waals surface area contributed by atoms with Crippen molar-refractivity contribution in [2.24, 2.45) is 0 Å². The molecule has 2 aromatic rings. The van der Waals surface area contributed by atoms with Crippen LogP contribution in [0.3, 0.4) is 0 Å². The molecule has 2 aromatic carbocycles. The Morgan fingerprint density at radius 2 is 1.70 bits per heavy atom. The lowest BCUT2D eigenvalue weighted by Gasteiger charge is -2.23. The minimum absolute atomic E-state index is 0.0474. The second kappa shape index (κ2) is 5.50. The van der Waals surface area contributed by atoms with Gasteiger partial charge < -0.3 is 5.73 Å². The van der Waals surface area contributed by atoms with Crippen LogP contribution < -0.4 is 10.0 Å². The third-order valence-corrected chi connectivity index (χ3v) is 4.87. The molecule has 0 aliphatic carbocycles. The van der Waals surface area contributed by atoms with E-state index in [9.17, 15) is 12.8 Å². The average molecular weight is 294 g/mol. The van der Waals surface area contributed by atoms with Gasteiger partial charge in [0.25, 0.3) is 10.0 Å². The highest BCUT2D eigenvalue weighted by Crippen LogP contribution is 2.26. The first kappa shape index (κ1) is 14.3. The van der Waals surface area contributed by atoms with E-state index in [4.69, 9.17) is 5.73 Å². The van der Waals surface area contributed by atoms with Gasteiger partial charge in [-0.3, -0.25) is 4.31 Å². The molecule has 0 aliphatic heterocycles. The summed E-state index contributed by atoms with van der Waals surface area (Å²) in [4.78, 5) is 0.0474. The van der Waals surface area contributed by atoms with Crippen molar-refractivity contribution in [1.29, 1.82) is 0 Å². The molecule has 0 heterocycles. The number of nitrogen functional groups attached to an aromatic ring is 1. The first-order chi connectivity index (χ1) is 9.46. The molecule has 0 saturated heterocycles. The zero-order valence-corrected chi connectivity index (χ0v) is 11.8. The average Bonchev–Trinajstić information content (AvgIpc) is 2.42. The lowest BCUT2D eigenvalue weighted by atomic mass is 10.3. The SMILES string of the molecule is CCN(c1ccc(F)cc1)S(=O)(=O)c1ccccc1N. The van der Waals surface area contributed by atoms with Gasteiger partial charge in [0.2, 0.25) is 0 Å². The van der Waals surface area contributed by atoms with Crippen molar-refractivity contribution < 1.29 is 12.8 Å². The van der Waals surface area contributed by atoms with E-state index < -0.39 is 15.8 Å². The summed E-state index contributed by atoms with van der Waals surface area (Å²) in [5, 5.41) is 0. The second-order valence-electron chi connectivity index (χ2n) is 4.18. The van der Waals surface area contributed by atoms with Gasteiger partial charge in [-0.25, -0.2) is 12.8 Å². The second-order valence-corrected chi connectivity index (χ2v) is 6.01. The molecule has 106 valence electrons. The standard InChI is InChI=1S/C14H15FN2O2S/c1-2-17(12-9-7-11(15)8-10-12)20(18,19)14-6-4-3-5-13(14)16/h3-10H,2,16H2,1H3. The van der Waals surface area contributed by atoms with Crippen LogP contribution in [0.5, 0.6) is 0 Å². The number of para-hydroxylation sites is 1. The van der Waals surface area contributed by atoms with Crippen molar-refractivity contribution in [3.05, 3.63) is 54.3 Å². The van der Waals surface area contributed by atoms with Crippen molar-refractivity contribution in [2.45, 2.75) is 11.8 Å². The molecule has 4 nitrogen and oxygen atoms in total. The zero-order valence-electron chi connectivity index (χ0n) is 11.0. The van der Waals surface area contributed by atoms with Crippen molar-refractivity contribution >= 4 is 21.4 Å². The van der Waals surface area contributed by atoms with E-state index in [-0.39, 0.29) is 17.1 Å². The van der Waals surface area contributed by atoms with Crippen LogP contribution in [0, 0.1) is 5.82 Å². The predicted octanol–water partition coefficient (Wildman–Crippen LogP) is 2.62. The van der Waals surface area contributed by atoms with Gasteiger partial charge in [0.1, 0.15) is 10.7 Å². The molecule has 6 heteroatoms. The molecular weight excluding hydrogens is 279 g/mol. The summed E-state index contributed by atoms with van der Waals surface area (Å²) in [5.74, 6) is -0.415. The molecule has 0 saturated carbocycles. The van der Waals surface area contributed by atoms with E-state index in [1.807, 2.05) is 0 Å². The Labute approximate surface area is 117 Å². The molecule has 0 atom stereocenters. The third kappa shape index (κ3) is 2.60. The fourth-order valence-electron chi connectivity index (χ4n) is 1.93. The van der Waals surface area contributed by atoms with E-state index in [1.165, 1.54) is 40.7 Å². The molecule has 2 N–H and O–H groups in total. The Kier molecular flexibility index (Phi) is 3.94. The van der Waals surface area contributed by atoms with Crippen LogP contribution in [0.4, 0.5) is 15.8 Å². The monoisotopic (exact) mass is 294 g/mol. The summed E-state index contributed by atoms with van der Waals surface area (Å²) in [6.07, 6.45) is 0. The zero-order chi connectivity index (χ0) is 14.8. The Bertz CT molecular complexity index is 699. The first-order valence-corrected chi connectivity index (χ1v) is 7.53. The Balaban J connectivity index is 2.51. The molecule has 2 rings (SSSR count). The number of sulfonamides is 1. The third-order valence-electron chi connectivity index (χ3n) is 2.89. The first-order valence-electron chi connectivity index (χ1n) is 6.09. The van der Waals surface area contributed by atoms with Crippen LogP contribution in [-0.4, -0.2) is 15.0 Å². The molecule has 0 radical (unpaired) electrons. The van der Waals surface area contributed by atoms with E-state index in [1.54, 1.807) is 19.1 Å². The van der Waals surface area contributed by atoms with Gasteiger partial charge in [0.15, 0.2) is 0 Å². The van der Waals surface area contributed by atoms with Gasteiger partial charge in [-0.1, -0.05) is 12.1 Å². The van der Waals surface area contributed by atoms with Crippen molar-refractivity contribution in [3.8, 4) is 0 Å². The molecule has 0 bridgehead atoms. The van der Waals surface area contributed by atoms with Gasteiger partial charge in [-0.15, -0.1) is 0 Å². The molecule has 20 heavy (non-hydrogen) atoms. The maximum absolute atomic E-state index is 12.9. The summed E-state index contributed by atoms with van der Waals surface area (Å²) in [6.45, 7) is 1.93. The molecule has 0 unspecified atom stereocenters. The Morgan fingerprint density at radius 1 is 1.10 bits per heavy atom. The number of anilines is 2. The fourth-order valence-corrected chi connectivity index (χ4v) is 3.53. The van der Waals surface area contributed by atoms with Crippen LogP contribution >= 0.6 is 0 Å². The summed E-state index contributed by atoms with van der Waals surface area (Å²) in [6, 6.07) is 11.6. The van der Waals surface area contributed by atoms with E-state index >= 15 is 0 Å². The highest BCUT2D eigenvalue weighted by atomic mass is 32.2. The Morgan fingerprint density at radius 3 is 2.25 bits per heavy atom. The van der Waals surface area contributed by atoms with Gasteiger partial charge in [-0.05, 0) is 43.3 Å². The maximum Gasteiger partial charge on any atom is 0.266 e. The van der Waals surface area contributed by atoms with Crippen molar-refractivity contribution in [3.63, 3.8) is 0 Å². The normalized spacial score (nSPS) is 11.3. The minimum Gasteiger partial charge on any atom is -0.398 e. The fraction of sp³-hybridized carbons (Fsp3) is 0.143. The number of hydrogen-bond donors (Lipinski definition) is 1. The van der Waals surface area contributed by atoms with Crippen molar-refractivity contribution in [2.75, 3.05) is 16.6 Å². The van der Waals surface area contributed by atoms with Crippen LogP contribution in [-0.2, 0) is 10.0 Å². The summed E-state index contributed by atoms with van der Waals surface area (Å²) in [5.41, 5.74) is 6.32. The largest absolute Gasteiger partial charge is 0.398 e. The predicted molar refractivity (Wildman–Crippen MR) is 77.5 cm³/mol.